The summed E-state index contributed by atoms with van der Waals surface area (Å²) in [6.45, 7) is 4.24. The summed E-state index contributed by atoms with van der Waals surface area (Å²) in [5.74, 6) is 6.62. The summed E-state index contributed by atoms with van der Waals surface area (Å²) in [7, 11) is 3.23. The zero-order chi connectivity index (χ0) is 13.1. The molecule has 0 saturated carbocycles. The average molecular weight is 301 g/mol. The Morgan fingerprint density at radius 1 is 1.22 bits per heavy atom. The third-order valence-electron chi connectivity index (χ3n) is 2.08. The van der Waals surface area contributed by atoms with E-state index < -0.39 is 0 Å². The number of benzene rings is 1. The molecule has 7 heteroatoms. The van der Waals surface area contributed by atoms with Crippen molar-refractivity contribution in [3.05, 3.63) is 29.3 Å². The highest BCUT2D eigenvalue weighted by atomic mass is 35.5. The van der Waals surface area contributed by atoms with Gasteiger partial charge in [-0.2, -0.15) is 0 Å². The van der Waals surface area contributed by atoms with Gasteiger partial charge in [-0.05, 0) is 35.1 Å². The second-order valence-electron chi connectivity index (χ2n) is 3.91. The maximum atomic E-state index is 5.98. The number of halogens is 1. The van der Waals surface area contributed by atoms with Crippen LogP contribution in [0, 0.1) is 0 Å². The number of aromatic nitrogens is 3. The molecule has 0 fully saturated rings. The van der Waals surface area contributed by atoms with Crippen LogP contribution in [-0.2, 0) is 0 Å². The molecule has 2 aromatic rings. The van der Waals surface area contributed by atoms with Crippen molar-refractivity contribution >= 4 is 33.2 Å². The van der Waals surface area contributed by atoms with Gasteiger partial charge in [-0.15, -0.1) is 10.2 Å². The molecule has 18 heavy (non-hydrogen) atoms. The third-order valence-corrected chi connectivity index (χ3v) is 5.13. The van der Waals surface area contributed by atoms with Gasteiger partial charge in [0, 0.05) is 15.8 Å². The van der Waals surface area contributed by atoms with Gasteiger partial charge < -0.3 is 5.84 Å². The minimum Gasteiger partial charge on any atom is -0.335 e. The monoisotopic (exact) mass is 300 g/mol. The van der Waals surface area contributed by atoms with Crippen LogP contribution in [0.1, 0.15) is 13.8 Å². The fourth-order valence-electron chi connectivity index (χ4n) is 1.27. The molecule has 2 N–H and O–H groups in total. The number of nitrogen functional groups attached to an aromatic ring is 1. The Labute approximate surface area is 119 Å². The predicted molar refractivity (Wildman–Crippen MR) is 79.2 cm³/mol. The van der Waals surface area contributed by atoms with Gasteiger partial charge in [-0.25, -0.2) is 4.68 Å². The minimum absolute atomic E-state index is 0.505. The lowest BCUT2D eigenvalue weighted by molar-refractivity contribution is 0.854. The van der Waals surface area contributed by atoms with Gasteiger partial charge in [-0.1, -0.05) is 36.2 Å². The molecule has 0 bridgehead atoms. The molecule has 1 aromatic heterocycles. The van der Waals surface area contributed by atoms with E-state index in [0.717, 1.165) is 5.56 Å². The van der Waals surface area contributed by atoms with Gasteiger partial charge in [0.2, 0.25) is 5.16 Å². The van der Waals surface area contributed by atoms with Gasteiger partial charge in [0.05, 0.1) is 0 Å². The molecule has 0 atom stereocenters. The van der Waals surface area contributed by atoms with Gasteiger partial charge in [-0.3, -0.25) is 0 Å². The highest BCUT2D eigenvalue weighted by Crippen LogP contribution is 2.33. The average Bonchev–Trinajstić information content (AvgIpc) is 2.69. The summed E-state index contributed by atoms with van der Waals surface area (Å²) in [5.41, 5.74) is 0.899. The number of nitrogens with two attached hydrogens (primary N) is 1. The van der Waals surface area contributed by atoms with Crippen molar-refractivity contribution in [3.8, 4) is 11.4 Å². The van der Waals surface area contributed by atoms with Crippen molar-refractivity contribution in [3.63, 3.8) is 0 Å². The molecule has 0 amide bonds. The Bertz CT molecular complexity index is 524. The van der Waals surface area contributed by atoms with Gasteiger partial charge in [0.25, 0.3) is 0 Å². The first kappa shape index (κ1) is 13.6. The van der Waals surface area contributed by atoms with Crippen molar-refractivity contribution in [1.82, 2.24) is 14.9 Å². The molecule has 1 aromatic carbocycles. The van der Waals surface area contributed by atoms with Crippen LogP contribution in [-0.4, -0.2) is 20.1 Å². The quantitative estimate of drug-likeness (QED) is 0.692. The standard InChI is InChI=1S/C11H13ClN4S2/c1-7(2)17-18-11-15-14-10(16(11)13)8-3-5-9(12)6-4-8/h3-7H,13H2,1-2H3. The smallest absolute Gasteiger partial charge is 0.220 e. The number of hydrogen-bond donors (Lipinski definition) is 1. The Hall–Kier alpha value is -0.850. The molecule has 0 saturated heterocycles. The second-order valence-corrected chi connectivity index (χ2v) is 7.09. The molecule has 4 nitrogen and oxygen atoms in total. The van der Waals surface area contributed by atoms with Crippen LogP contribution in [0.3, 0.4) is 0 Å². The summed E-state index contributed by atoms with van der Waals surface area (Å²) in [6, 6.07) is 7.36. The third kappa shape index (κ3) is 3.13. The van der Waals surface area contributed by atoms with Crippen LogP contribution < -0.4 is 5.84 Å². The first-order valence-electron chi connectivity index (χ1n) is 5.37. The van der Waals surface area contributed by atoms with Crippen LogP contribution in [0.25, 0.3) is 11.4 Å². The van der Waals surface area contributed by atoms with Gasteiger partial charge in [0.1, 0.15) is 0 Å². The van der Waals surface area contributed by atoms with E-state index in [1.807, 2.05) is 12.1 Å². The Morgan fingerprint density at radius 3 is 2.50 bits per heavy atom. The van der Waals surface area contributed by atoms with E-state index in [2.05, 4.69) is 24.0 Å². The molecule has 0 unspecified atom stereocenters. The zero-order valence-corrected chi connectivity index (χ0v) is 12.4. The highest BCUT2D eigenvalue weighted by Gasteiger charge is 2.12. The maximum absolute atomic E-state index is 5.98. The molecule has 0 radical (unpaired) electrons. The van der Waals surface area contributed by atoms with Gasteiger partial charge >= 0.3 is 0 Å². The summed E-state index contributed by atoms with van der Waals surface area (Å²) in [4.78, 5) is 0. The fourth-order valence-corrected chi connectivity index (χ4v) is 3.09. The summed E-state index contributed by atoms with van der Waals surface area (Å²) in [6.07, 6.45) is 0. The van der Waals surface area contributed by atoms with Crippen LogP contribution in [0.2, 0.25) is 5.02 Å². The summed E-state index contributed by atoms with van der Waals surface area (Å²) in [5, 5.41) is 10.1. The molecule has 2 rings (SSSR count). The van der Waals surface area contributed by atoms with Crippen LogP contribution in [0.5, 0.6) is 0 Å². The molecule has 0 aliphatic rings. The maximum Gasteiger partial charge on any atom is 0.220 e. The Morgan fingerprint density at radius 2 is 1.89 bits per heavy atom. The summed E-state index contributed by atoms with van der Waals surface area (Å²) < 4.78 is 1.50. The van der Waals surface area contributed by atoms with E-state index in [1.165, 1.54) is 15.5 Å². The van der Waals surface area contributed by atoms with E-state index in [0.29, 0.717) is 21.3 Å². The van der Waals surface area contributed by atoms with Gasteiger partial charge in [0.15, 0.2) is 5.82 Å². The van der Waals surface area contributed by atoms with E-state index in [9.17, 15) is 0 Å². The molecular weight excluding hydrogens is 288 g/mol. The number of rotatable bonds is 4. The van der Waals surface area contributed by atoms with E-state index in [1.54, 1.807) is 22.9 Å². The Kier molecular flexibility index (Phi) is 4.42. The number of hydrogen-bond acceptors (Lipinski definition) is 5. The highest BCUT2D eigenvalue weighted by molar-refractivity contribution is 8.76. The first-order chi connectivity index (χ1) is 8.58. The molecule has 96 valence electrons. The predicted octanol–water partition coefficient (Wildman–Crippen LogP) is 3.46. The summed E-state index contributed by atoms with van der Waals surface area (Å²) >= 11 is 5.85. The van der Waals surface area contributed by atoms with Crippen molar-refractivity contribution in [2.45, 2.75) is 24.3 Å². The molecule has 0 aliphatic carbocycles. The van der Waals surface area contributed by atoms with Crippen molar-refractivity contribution in [1.29, 1.82) is 0 Å². The normalized spacial score (nSPS) is 11.1. The topological polar surface area (TPSA) is 56.7 Å². The van der Waals surface area contributed by atoms with Crippen LogP contribution in [0.4, 0.5) is 0 Å². The van der Waals surface area contributed by atoms with Crippen molar-refractivity contribution < 1.29 is 0 Å². The molecule has 0 spiro atoms. The van der Waals surface area contributed by atoms with E-state index in [4.69, 9.17) is 17.4 Å². The van der Waals surface area contributed by atoms with Crippen molar-refractivity contribution in [2.75, 3.05) is 5.84 Å². The lowest BCUT2D eigenvalue weighted by Gasteiger charge is -2.04. The van der Waals surface area contributed by atoms with Crippen LogP contribution >= 0.6 is 33.2 Å². The van der Waals surface area contributed by atoms with Crippen molar-refractivity contribution in [2.24, 2.45) is 0 Å². The lowest BCUT2D eigenvalue weighted by atomic mass is 10.2. The van der Waals surface area contributed by atoms with Crippen LogP contribution in [0.15, 0.2) is 29.4 Å². The SMILES string of the molecule is CC(C)SSc1nnc(-c2ccc(Cl)cc2)n1N. The molecular formula is C11H13ClN4S2. The Balaban J connectivity index is 2.22. The van der Waals surface area contributed by atoms with E-state index in [-0.39, 0.29) is 0 Å². The minimum atomic E-state index is 0.505. The first-order valence-corrected chi connectivity index (χ1v) is 7.97. The van der Waals surface area contributed by atoms with E-state index >= 15 is 0 Å². The lowest BCUT2D eigenvalue weighted by Crippen LogP contribution is -2.11. The number of nitrogens with zero attached hydrogens (tertiary/aromatic N) is 3. The zero-order valence-electron chi connectivity index (χ0n) is 10.0. The largest absolute Gasteiger partial charge is 0.335 e. The fraction of sp³-hybridized carbons (Fsp3) is 0.273. The molecule has 1 heterocycles. The molecule has 0 aliphatic heterocycles. The second kappa shape index (κ2) is 5.86.